The summed E-state index contributed by atoms with van der Waals surface area (Å²) in [5.41, 5.74) is 0. The summed E-state index contributed by atoms with van der Waals surface area (Å²) in [5.74, 6) is -0.0750. The van der Waals surface area contributed by atoms with Gasteiger partial charge in [-0.2, -0.15) is 0 Å². The molecule has 0 saturated carbocycles. The molecule has 2 atom stereocenters. The van der Waals surface area contributed by atoms with E-state index >= 15 is 0 Å². The number of allylic oxidation sites excluding steroid dienone is 1. The predicted octanol–water partition coefficient (Wildman–Crippen LogP) is 8.00. The molecule has 0 heterocycles. The van der Waals surface area contributed by atoms with Gasteiger partial charge in [0.1, 0.15) is 0 Å². The monoisotopic (exact) mass is 481 g/mol. The van der Waals surface area contributed by atoms with E-state index in [9.17, 15) is 15.0 Å². The molecule has 0 fully saturated rings. The third-order valence-electron chi connectivity index (χ3n) is 6.77. The third kappa shape index (κ3) is 22.9. The second-order valence-corrected chi connectivity index (χ2v) is 10.2. The van der Waals surface area contributed by atoms with E-state index in [4.69, 9.17) is 0 Å². The molecule has 0 radical (unpaired) electrons. The fourth-order valence-electron chi connectivity index (χ4n) is 4.41. The normalized spacial score (nSPS) is 13.4. The van der Waals surface area contributed by atoms with Crippen LogP contribution in [0.15, 0.2) is 12.2 Å². The topological polar surface area (TPSA) is 69.6 Å². The van der Waals surface area contributed by atoms with Crippen LogP contribution in [-0.2, 0) is 4.79 Å². The minimum atomic E-state index is -0.829. The lowest BCUT2D eigenvalue weighted by Crippen LogP contribution is -2.45. The zero-order valence-electron chi connectivity index (χ0n) is 22.9. The van der Waals surface area contributed by atoms with Gasteiger partial charge in [0.25, 0.3) is 0 Å². The molecule has 202 valence electrons. The second kappa shape index (κ2) is 26.7. The minimum absolute atomic E-state index is 0.0750. The van der Waals surface area contributed by atoms with E-state index in [1.165, 1.54) is 109 Å². The lowest BCUT2D eigenvalue weighted by molar-refractivity contribution is -0.123. The zero-order valence-corrected chi connectivity index (χ0v) is 22.9. The van der Waals surface area contributed by atoms with Crippen molar-refractivity contribution >= 4 is 5.91 Å². The molecule has 0 aliphatic rings. The number of rotatable bonds is 26. The number of carbonyl (C=O) groups is 1. The number of aliphatic hydroxyl groups is 2. The Hall–Kier alpha value is -0.870. The standard InChI is InChI=1S/C30H59NO3/c1-3-5-7-9-11-12-13-14-15-16-17-18-19-20-21-23-25-29(33)28(27-32)31-30(34)26-24-22-10-8-6-4-2/h23,25,28-29,32-33H,3-22,24,26-27H2,1-2H3,(H,31,34)/b25-23+. The molecule has 0 aliphatic heterocycles. The van der Waals surface area contributed by atoms with Crippen molar-refractivity contribution in [3.05, 3.63) is 12.2 Å². The van der Waals surface area contributed by atoms with Gasteiger partial charge in [-0.15, -0.1) is 0 Å². The predicted molar refractivity (Wildman–Crippen MR) is 147 cm³/mol. The van der Waals surface area contributed by atoms with Crippen molar-refractivity contribution in [1.82, 2.24) is 5.32 Å². The maximum absolute atomic E-state index is 12.1. The van der Waals surface area contributed by atoms with Crippen molar-refractivity contribution in [2.75, 3.05) is 6.61 Å². The van der Waals surface area contributed by atoms with Gasteiger partial charge in [-0.05, 0) is 19.3 Å². The number of hydrogen-bond donors (Lipinski definition) is 3. The highest BCUT2D eigenvalue weighted by atomic mass is 16.3. The van der Waals surface area contributed by atoms with Crippen LogP contribution in [0.25, 0.3) is 0 Å². The molecule has 4 nitrogen and oxygen atoms in total. The number of amides is 1. The van der Waals surface area contributed by atoms with Crippen LogP contribution in [0.1, 0.15) is 155 Å². The van der Waals surface area contributed by atoms with Gasteiger partial charge in [0.2, 0.25) is 5.91 Å². The Kier molecular flexibility index (Phi) is 26.0. The molecule has 34 heavy (non-hydrogen) atoms. The Morgan fingerprint density at radius 2 is 1.09 bits per heavy atom. The van der Waals surface area contributed by atoms with Crippen molar-refractivity contribution in [1.29, 1.82) is 0 Å². The molecule has 0 spiro atoms. The first-order valence-electron chi connectivity index (χ1n) is 14.9. The van der Waals surface area contributed by atoms with Crippen LogP contribution < -0.4 is 5.32 Å². The Bertz CT molecular complexity index is 452. The van der Waals surface area contributed by atoms with Gasteiger partial charge in [0, 0.05) is 6.42 Å². The quantitative estimate of drug-likeness (QED) is 0.0865. The molecule has 0 aromatic rings. The summed E-state index contributed by atoms with van der Waals surface area (Å²) in [5, 5.41) is 22.6. The van der Waals surface area contributed by atoms with Crippen molar-refractivity contribution in [3.63, 3.8) is 0 Å². The Morgan fingerprint density at radius 1 is 0.676 bits per heavy atom. The lowest BCUT2D eigenvalue weighted by Gasteiger charge is -2.20. The highest BCUT2D eigenvalue weighted by Crippen LogP contribution is 2.13. The Labute approximate surface area is 212 Å². The van der Waals surface area contributed by atoms with E-state index in [0.717, 1.165) is 25.7 Å². The van der Waals surface area contributed by atoms with E-state index in [0.29, 0.717) is 6.42 Å². The van der Waals surface area contributed by atoms with Gasteiger partial charge in [-0.25, -0.2) is 0 Å². The highest BCUT2D eigenvalue weighted by molar-refractivity contribution is 5.76. The molecule has 0 rings (SSSR count). The van der Waals surface area contributed by atoms with Crippen LogP contribution in [0.2, 0.25) is 0 Å². The highest BCUT2D eigenvalue weighted by Gasteiger charge is 2.17. The largest absolute Gasteiger partial charge is 0.394 e. The summed E-state index contributed by atoms with van der Waals surface area (Å²) in [6.45, 7) is 4.23. The molecule has 0 saturated heterocycles. The maximum Gasteiger partial charge on any atom is 0.220 e. The average molecular weight is 482 g/mol. The number of aliphatic hydroxyl groups excluding tert-OH is 2. The fourth-order valence-corrected chi connectivity index (χ4v) is 4.41. The molecular weight excluding hydrogens is 422 g/mol. The van der Waals surface area contributed by atoms with Crippen LogP contribution in [0.3, 0.4) is 0 Å². The van der Waals surface area contributed by atoms with Gasteiger partial charge in [-0.1, -0.05) is 142 Å². The summed E-state index contributed by atoms with van der Waals surface area (Å²) in [6.07, 6.45) is 30.1. The van der Waals surface area contributed by atoms with E-state index in [-0.39, 0.29) is 12.5 Å². The number of unbranched alkanes of at least 4 members (excludes halogenated alkanes) is 19. The Balaban J connectivity index is 3.61. The summed E-state index contributed by atoms with van der Waals surface area (Å²) < 4.78 is 0. The summed E-state index contributed by atoms with van der Waals surface area (Å²) in [6, 6.07) is -0.611. The van der Waals surface area contributed by atoms with Gasteiger partial charge in [0.15, 0.2) is 0 Å². The van der Waals surface area contributed by atoms with Crippen molar-refractivity contribution < 1.29 is 15.0 Å². The molecule has 4 heteroatoms. The van der Waals surface area contributed by atoms with Gasteiger partial charge >= 0.3 is 0 Å². The third-order valence-corrected chi connectivity index (χ3v) is 6.77. The molecule has 1 amide bonds. The second-order valence-electron chi connectivity index (χ2n) is 10.2. The fraction of sp³-hybridized carbons (Fsp3) is 0.900. The number of carbonyl (C=O) groups excluding carboxylic acids is 1. The summed E-state index contributed by atoms with van der Waals surface area (Å²) in [7, 11) is 0. The minimum Gasteiger partial charge on any atom is -0.394 e. The Morgan fingerprint density at radius 3 is 1.53 bits per heavy atom. The van der Waals surface area contributed by atoms with Crippen LogP contribution in [-0.4, -0.2) is 34.9 Å². The molecule has 0 aliphatic carbocycles. The molecule has 2 unspecified atom stereocenters. The van der Waals surface area contributed by atoms with E-state index < -0.39 is 12.1 Å². The van der Waals surface area contributed by atoms with E-state index in [1.54, 1.807) is 6.08 Å². The van der Waals surface area contributed by atoms with Crippen molar-refractivity contribution in [2.24, 2.45) is 0 Å². The summed E-state index contributed by atoms with van der Waals surface area (Å²) in [4.78, 5) is 12.1. The SMILES string of the molecule is CCCCCCCCCCCCCCCC/C=C/C(O)C(CO)NC(=O)CCCCCCCC. The van der Waals surface area contributed by atoms with Gasteiger partial charge < -0.3 is 15.5 Å². The van der Waals surface area contributed by atoms with E-state index in [2.05, 4.69) is 19.2 Å². The van der Waals surface area contributed by atoms with Crippen LogP contribution in [0, 0.1) is 0 Å². The van der Waals surface area contributed by atoms with Crippen LogP contribution in [0.5, 0.6) is 0 Å². The van der Waals surface area contributed by atoms with Gasteiger partial charge in [-0.3, -0.25) is 4.79 Å². The smallest absolute Gasteiger partial charge is 0.220 e. The van der Waals surface area contributed by atoms with Gasteiger partial charge in [0.05, 0.1) is 18.8 Å². The molecule has 0 bridgehead atoms. The number of nitrogens with one attached hydrogen (secondary N) is 1. The molecule has 3 N–H and O–H groups in total. The summed E-state index contributed by atoms with van der Waals surface area (Å²) >= 11 is 0. The van der Waals surface area contributed by atoms with Crippen LogP contribution in [0.4, 0.5) is 0 Å². The van der Waals surface area contributed by atoms with Crippen LogP contribution >= 0.6 is 0 Å². The van der Waals surface area contributed by atoms with Crippen molar-refractivity contribution in [2.45, 2.75) is 167 Å². The average Bonchev–Trinajstić information content (AvgIpc) is 2.84. The first-order chi connectivity index (χ1) is 16.7. The lowest BCUT2D eigenvalue weighted by atomic mass is 10.0. The van der Waals surface area contributed by atoms with Crippen molar-refractivity contribution in [3.8, 4) is 0 Å². The first-order valence-corrected chi connectivity index (χ1v) is 14.9. The first kappa shape index (κ1) is 33.1. The van der Waals surface area contributed by atoms with E-state index in [1.807, 2.05) is 6.08 Å². The molecule has 0 aromatic heterocycles. The zero-order chi connectivity index (χ0) is 25.1. The molecular formula is C30H59NO3. The maximum atomic E-state index is 12.1. The molecule has 0 aromatic carbocycles. The number of hydrogen-bond acceptors (Lipinski definition) is 3.